The molecule has 0 spiro atoms. The highest BCUT2D eigenvalue weighted by atomic mass is 19.1. The van der Waals surface area contributed by atoms with Crippen LogP contribution in [0.1, 0.15) is 30.5 Å². The van der Waals surface area contributed by atoms with E-state index in [-0.39, 0.29) is 46.6 Å². The first-order chi connectivity index (χ1) is 19.7. The quantitative estimate of drug-likeness (QED) is 0.399. The van der Waals surface area contributed by atoms with Crippen molar-refractivity contribution < 1.29 is 23.4 Å². The van der Waals surface area contributed by atoms with Crippen LogP contribution in [0.4, 0.5) is 16.2 Å². The van der Waals surface area contributed by atoms with Crippen molar-refractivity contribution in [3.63, 3.8) is 0 Å². The maximum absolute atomic E-state index is 15.2. The average molecular weight is 564 g/mol. The molecule has 3 N–H and O–H groups in total. The highest BCUT2D eigenvalue weighted by molar-refractivity contribution is 5.92. The summed E-state index contributed by atoms with van der Waals surface area (Å²) in [5.74, 6) is -0.0788. The van der Waals surface area contributed by atoms with Crippen molar-refractivity contribution in [3.05, 3.63) is 47.3 Å². The Kier molecular flexibility index (Phi) is 8.10. The number of aromatic nitrogens is 2. The number of nitrogens with two attached hydrogens (primary N) is 1. The van der Waals surface area contributed by atoms with Gasteiger partial charge in [-0.2, -0.15) is 10.2 Å². The van der Waals surface area contributed by atoms with Gasteiger partial charge >= 0.3 is 0 Å². The molecule has 3 heterocycles. The Morgan fingerprint density at radius 2 is 1.90 bits per heavy atom. The number of amides is 1. The first-order valence-electron chi connectivity index (χ1n) is 13.5. The van der Waals surface area contributed by atoms with Crippen molar-refractivity contribution in [2.45, 2.75) is 19.4 Å². The SMILES string of the molecule is COc1cc2c(N)nc(N3CCN(C(=O)C[C@@H](NCC4(C)COC4)c4ccc(C#N)cc4)CC3)nc2c(F)c1OC. The Morgan fingerprint density at radius 3 is 2.49 bits per heavy atom. The van der Waals surface area contributed by atoms with Gasteiger partial charge in [0.25, 0.3) is 0 Å². The number of nitriles is 1. The van der Waals surface area contributed by atoms with Gasteiger partial charge in [0.2, 0.25) is 11.9 Å². The van der Waals surface area contributed by atoms with Crippen molar-refractivity contribution >= 4 is 28.6 Å². The van der Waals surface area contributed by atoms with E-state index in [4.69, 9.17) is 19.9 Å². The minimum atomic E-state index is -0.672. The maximum Gasteiger partial charge on any atom is 0.228 e. The highest BCUT2D eigenvalue weighted by Gasteiger charge is 2.34. The second-order valence-corrected chi connectivity index (χ2v) is 10.8. The van der Waals surface area contributed by atoms with E-state index < -0.39 is 5.82 Å². The summed E-state index contributed by atoms with van der Waals surface area (Å²) in [6, 6.07) is 10.8. The minimum absolute atomic E-state index is 0.0170. The molecule has 12 heteroatoms. The second-order valence-electron chi connectivity index (χ2n) is 10.8. The zero-order valence-electron chi connectivity index (χ0n) is 23.4. The molecule has 11 nitrogen and oxygen atoms in total. The number of halogens is 1. The zero-order chi connectivity index (χ0) is 29.1. The van der Waals surface area contributed by atoms with Crippen LogP contribution < -0.4 is 25.4 Å². The molecule has 0 aliphatic carbocycles. The Morgan fingerprint density at radius 1 is 1.20 bits per heavy atom. The van der Waals surface area contributed by atoms with E-state index in [0.717, 1.165) is 5.56 Å². The molecular weight excluding hydrogens is 529 g/mol. The third kappa shape index (κ3) is 5.82. The Bertz CT molecular complexity index is 1460. The van der Waals surface area contributed by atoms with Gasteiger partial charge in [-0.15, -0.1) is 0 Å². The molecule has 2 aliphatic rings. The largest absolute Gasteiger partial charge is 0.493 e. The first-order valence-corrected chi connectivity index (χ1v) is 13.5. The fraction of sp³-hybridized carbons (Fsp3) is 0.448. The predicted molar refractivity (Wildman–Crippen MR) is 151 cm³/mol. The summed E-state index contributed by atoms with van der Waals surface area (Å²) in [7, 11) is 2.78. The van der Waals surface area contributed by atoms with E-state index in [0.29, 0.717) is 62.8 Å². The van der Waals surface area contributed by atoms with Crippen molar-refractivity contribution in [2.75, 3.05) is 70.8 Å². The molecule has 1 atom stereocenters. The Labute approximate surface area is 238 Å². The number of nitrogens with zero attached hydrogens (tertiary/aromatic N) is 5. The number of rotatable bonds is 9. The lowest BCUT2D eigenvalue weighted by molar-refractivity contribution is -0.132. The number of anilines is 2. The molecule has 2 saturated heterocycles. The number of carbonyl (C=O) groups excluding carboxylic acids is 1. The van der Waals surface area contributed by atoms with Crippen molar-refractivity contribution in [1.82, 2.24) is 20.2 Å². The van der Waals surface area contributed by atoms with Gasteiger partial charge in [0.05, 0.1) is 39.1 Å². The number of hydrogen-bond acceptors (Lipinski definition) is 10. The number of piperazine rings is 1. The summed E-state index contributed by atoms with van der Waals surface area (Å²) in [5, 5.41) is 13.1. The molecule has 216 valence electrons. The molecule has 0 unspecified atom stereocenters. The van der Waals surface area contributed by atoms with Crippen LogP contribution in [0.3, 0.4) is 0 Å². The molecular formula is C29H34FN7O4. The number of fused-ring (bicyclic) bond motifs is 1. The molecule has 0 bridgehead atoms. The molecule has 1 aromatic heterocycles. The minimum Gasteiger partial charge on any atom is -0.493 e. The number of carbonyl (C=O) groups is 1. The molecule has 5 rings (SSSR count). The summed E-state index contributed by atoms with van der Waals surface area (Å²) in [4.78, 5) is 26.0. The second kappa shape index (κ2) is 11.7. The normalized spacial score (nSPS) is 17.0. The molecule has 2 aromatic carbocycles. The standard InChI is InChI=1S/C29H34FN7O4/c1-29(16-41-17-29)15-33-21(19-6-4-18(14-31)5-7-19)13-23(38)36-8-10-37(11-9-36)28-34-25-20(27(32)35-28)12-22(39-2)26(40-3)24(25)30/h4-7,12,21,33H,8-11,13,15-17H2,1-3H3,(H2,32,34,35)/t21-/m1/s1. The molecule has 2 aliphatic heterocycles. The Balaban J connectivity index is 1.27. The van der Waals surface area contributed by atoms with Gasteiger partial charge < -0.3 is 35.1 Å². The molecule has 0 radical (unpaired) electrons. The summed E-state index contributed by atoms with van der Waals surface area (Å²) >= 11 is 0. The fourth-order valence-corrected chi connectivity index (χ4v) is 5.16. The van der Waals surface area contributed by atoms with Gasteiger partial charge in [-0.05, 0) is 23.8 Å². The van der Waals surface area contributed by atoms with Crippen LogP contribution in [-0.2, 0) is 9.53 Å². The van der Waals surface area contributed by atoms with Gasteiger partial charge in [0.1, 0.15) is 11.3 Å². The van der Waals surface area contributed by atoms with Crippen LogP contribution in [0.15, 0.2) is 30.3 Å². The van der Waals surface area contributed by atoms with Gasteiger partial charge in [-0.3, -0.25) is 4.79 Å². The lowest BCUT2D eigenvalue weighted by Crippen LogP contribution is -2.51. The van der Waals surface area contributed by atoms with E-state index >= 15 is 4.39 Å². The number of hydrogen-bond donors (Lipinski definition) is 2. The number of nitrogen functional groups attached to an aromatic ring is 1. The third-order valence-corrected chi connectivity index (χ3v) is 7.71. The van der Waals surface area contributed by atoms with Crippen molar-refractivity contribution in [1.29, 1.82) is 5.26 Å². The van der Waals surface area contributed by atoms with Crippen LogP contribution in [0, 0.1) is 22.6 Å². The molecule has 0 saturated carbocycles. The smallest absolute Gasteiger partial charge is 0.228 e. The summed E-state index contributed by atoms with van der Waals surface area (Å²) in [6.07, 6.45) is 0.273. The average Bonchev–Trinajstić information content (AvgIpc) is 2.98. The molecule has 41 heavy (non-hydrogen) atoms. The topological polar surface area (TPSA) is 139 Å². The van der Waals surface area contributed by atoms with Crippen LogP contribution >= 0.6 is 0 Å². The first kappa shape index (κ1) is 28.3. The number of nitrogens with one attached hydrogen (secondary N) is 1. The molecule has 2 fully saturated rings. The summed E-state index contributed by atoms with van der Waals surface area (Å²) < 4.78 is 31.0. The van der Waals surface area contributed by atoms with Crippen molar-refractivity contribution in [3.8, 4) is 17.6 Å². The fourth-order valence-electron chi connectivity index (χ4n) is 5.16. The lowest BCUT2D eigenvalue weighted by atomic mass is 9.88. The third-order valence-electron chi connectivity index (χ3n) is 7.71. The number of methoxy groups -OCH3 is 2. The van der Waals surface area contributed by atoms with Crippen LogP contribution in [0.2, 0.25) is 0 Å². The molecule has 1 amide bonds. The Hall–Kier alpha value is -4.21. The van der Waals surface area contributed by atoms with Crippen LogP contribution in [0.25, 0.3) is 10.9 Å². The van der Waals surface area contributed by atoms with E-state index in [1.165, 1.54) is 14.2 Å². The van der Waals surface area contributed by atoms with Crippen molar-refractivity contribution in [2.24, 2.45) is 5.41 Å². The van der Waals surface area contributed by atoms with Crippen LogP contribution in [-0.4, -0.2) is 80.9 Å². The van der Waals surface area contributed by atoms with Gasteiger partial charge in [0.15, 0.2) is 17.3 Å². The van der Waals surface area contributed by atoms with E-state index in [2.05, 4.69) is 28.3 Å². The summed E-state index contributed by atoms with van der Waals surface area (Å²) in [5.41, 5.74) is 7.80. The predicted octanol–water partition coefficient (Wildman–Crippen LogP) is 2.65. The monoisotopic (exact) mass is 563 g/mol. The summed E-state index contributed by atoms with van der Waals surface area (Å²) in [6.45, 7) is 6.09. The highest BCUT2D eigenvalue weighted by Crippen LogP contribution is 2.37. The van der Waals surface area contributed by atoms with E-state index in [1.807, 2.05) is 21.9 Å². The van der Waals surface area contributed by atoms with Gasteiger partial charge in [-0.1, -0.05) is 19.1 Å². The van der Waals surface area contributed by atoms with Gasteiger partial charge in [0, 0.05) is 56.0 Å². The lowest BCUT2D eigenvalue weighted by Gasteiger charge is -2.40. The van der Waals surface area contributed by atoms with Crippen LogP contribution in [0.5, 0.6) is 11.5 Å². The zero-order valence-corrected chi connectivity index (χ0v) is 23.4. The molecule has 3 aromatic rings. The van der Waals surface area contributed by atoms with Gasteiger partial charge in [-0.25, -0.2) is 9.37 Å². The maximum atomic E-state index is 15.2. The number of ether oxygens (including phenoxy) is 3. The van der Waals surface area contributed by atoms with E-state index in [9.17, 15) is 10.1 Å². The number of benzene rings is 2. The van der Waals surface area contributed by atoms with E-state index in [1.54, 1.807) is 18.2 Å².